The lowest BCUT2D eigenvalue weighted by Crippen LogP contribution is -2.45. The van der Waals surface area contributed by atoms with Crippen LogP contribution in [-0.2, 0) is 23.2 Å². The Morgan fingerprint density at radius 1 is 0.889 bits per heavy atom. The van der Waals surface area contributed by atoms with E-state index in [4.69, 9.17) is 13.6 Å². The summed E-state index contributed by atoms with van der Waals surface area (Å²) in [6, 6.07) is 0. The average Bonchev–Trinajstić information content (AvgIpc) is 2.99. The van der Waals surface area contributed by atoms with Gasteiger partial charge >= 0.3 is 5.97 Å². The molecule has 0 bridgehead atoms. The summed E-state index contributed by atoms with van der Waals surface area (Å²) in [4.78, 5) is 24.2. The van der Waals surface area contributed by atoms with Gasteiger partial charge in [0.15, 0.2) is 22.4 Å². The number of ketones is 1. The number of hydrogen-bond acceptors (Lipinski definition) is 5. The number of allylic oxidation sites excluding steroid dienone is 1. The molecule has 0 heterocycles. The average molecular weight is 541 g/mol. The zero-order valence-electron chi connectivity index (χ0n) is 25.5. The maximum absolute atomic E-state index is 12.7. The summed E-state index contributed by atoms with van der Waals surface area (Å²) < 4.78 is 19.4. The van der Waals surface area contributed by atoms with Gasteiger partial charge in [0, 0.05) is 19.3 Å². The standard InChI is InChI=1S/C29H56O5Si2/c1-13-14-15-16-23(31)17-18-24-25(19-20-32-22(2)30)27(34-36(11,12)29(6,7)8)21-26(24)33-35(9,10)28(3,4)5/h17-18,24-27H,13-16,19-21H2,1-12H3/b18-17+/t24-,25+,26-,27+/m1/s1. The molecule has 1 fully saturated rings. The highest BCUT2D eigenvalue weighted by Crippen LogP contribution is 2.47. The van der Waals surface area contributed by atoms with Crippen LogP contribution in [0.5, 0.6) is 0 Å². The highest BCUT2D eigenvalue weighted by molar-refractivity contribution is 6.74. The topological polar surface area (TPSA) is 61.8 Å². The van der Waals surface area contributed by atoms with Gasteiger partial charge in [-0.25, -0.2) is 0 Å². The summed E-state index contributed by atoms with van der Waals surface area (Å²) >= 11 is 0. The van der Waals surface area contributed by atoms with Crippen molar-refractivity contribution in [1.82, 2.24) is 0 Å². The van der Waals surface area contributed by atoms with Gasteiger partial charge < -0.3 is 13.6 Å². The van der Waals surface area contributed by atoms with Crippen molar-refractivity contribution in [3.8, 4) is 0 Å². The van der Waals surface area contributed by atoms with Gasteiger partial charge in [-0.3, -0.25) is 9.59 Å². The molecule has 0 aromatic rings. The van der Waals surface area contributed by atoms with Crippen LogP contribution in [0.3, 0.4) is 0 Å². The highest BCUT2D eigenvalue weighted by Gasteiger charge is 2.50. The maximum Gasteiger partial charge on any atom is 0.302 e. The largest absolute Gasteiger partial charge is 0.466 e. The molecule has 0 aliphatic heterocycles. The van der Waals surface area contributed by atoms with Gasteiger partial charge in [0.25, 0.3) is 0 Å². The Morgan fingerprint density at radius 2 is 1.42 bits per heavy atom. The van der Waals surface area contributed by atoms with E-state index < -0.39 is 16.6 Å². The van der Waals surface area contributed by atoms with Crippen molar-refractivity contribution in [1.29, 1.82) is 0 Å². The second kappa shape index (κ2) is 13.3. The third-order valence-electron chi connectivity index (χ3n) is 8.66. The van der Waals surface area contributed by atoms with Gasteiger partial charge in [-0.05, 0) is 67.5 Å². The second-order valence-electron chi connectivity index (χ2n) is 13.7. The number of hydrogen-bond donors (Lipinski definition) is 0. The molecule has 1 rings (SSSR count). The van der Waals surface area contributed by atoms with Crippen LogP contribution in [0.2, 0.25) is 36.3 Å². The number of carbonyl (C=O) groups excluding carboxylic acids is 2. The first-order valence-corrected chi connectivity index (χ1v) is 19.8. The van der Waals surface area contributed by atoms with Crippen molar-refractivity contribution in [2.45, 2.75) is 142 Å². The van der Waals surface area contributed by atoms with Crippen LogP contribution in [0.4, 0.5) is 0 Å². The van der Waals surface area contributed by atoms with Gasteiger partial charge in [0.05, 0.1) is 18.8 Å². The van der Waals surface area contributed by atoms with Crippen LogP contribution in [0.15, 0.2) is 12.2 Å². The summed E-state index contributed by atoms with van der Waals surface area (Å²) in [5.74, 6) is 0.108. The molecule has 0 unspecified atom stereocenters. The SMILES string of the molecule is CCCCCC(=O)/C=C/[C@@H]1[C@H](CCOC(C)=O)[C@@H](O[Si](C)(C)C(C)(C)C)C[C@H]1O[Si](C)(C)C(C)(C)C. The van der Waals surface area contributed by atoms with E-state index in [1.165, 1.54) is 6.92 Å². The van der Waals surface area contributed by atoms with E-state index in [1.807, 2.05) is 0 Å². The fourth-order valence-corrected chi connectivity index (χ4v) is 7.04. The lowest BCUT2D eigenvalue weighted by Gasteiger charge is -2.40. The van der Waals surface area contributed by atoms with Crippen molar-refractivity contribution in [3.63, 3.8) is 0 Å². The van der Waals surface area contributed by atoms with Crippen molar-refractivity contribution < 1.29 is 23.2 Å². The third kappa shape index (κ3) is 9.84. The van der Waals surface area contributed by atoms with Crippen LogP contribution in [-0.4, -0.2) is 47.2 Å². The minimum Gasteiger partial charge on any atom is -0.466 e. The van der Waals surface area contributed by atoms with Gasteiger partial charge in [0.1, 0.15) is 0 Å². The fraction of sp³-hybridized carbons (Fsp3) is 0.862. The quantitative estimate of drug-likeness (QED) is 0.102. The molecule has 0 amide bonds. The predicted molar refractivity (Wildman–Crippen MR) is 155 cm³/mol. The van der Waals surface area contributed by atoms with E-state index >= 15 is 0 Å². The summed E-state index contributed by atoms with van der Waals surface area (Å²) in [5, 5.41) is 0.176. The van der Waals surface area contributed by atoms with Crippen LogP contribution in [0.1, 0.15) is 93.9 Å². The van der Waals surface area contributed by atoms with Crippen molar-refractivity contribution in [3.05, 3.63) is 12.2 Å². The Kier molecular flexibility index (Phi) is 12.3. The molecule has 36 heavy (non-hydrogen) atoms. The smallest absolute Gasteiger partial charge is 0.302 e. The van der Waals surface area contributed by atoms with Crippen LogP contribution in [0, 0.1) is 11.8 Å². The Morgan fingerprint density at radius 3 is 1.89 bits per heavy atom. The Balaban J connectivity index is 3.34. The van der Waals surface area contributed by atoms with Gasteiger partial charge in [-0.2, -0.15) is 0 Å². The zero-order chi connectivity index (χ0) is 27.9. The molecule has 0 aromatic heterocycles. The van der Waals surface area contributed by atoms with E-state index in [2.05, 4.69) is 80.7 Å². The molecule has 1 aliphatic carbocycles. The lowest BCUT2D eigenvalue weighted by molar-refractivity contribution is -0.141. The monoisotopic (exact) mass is 540 g/mol. The normalized spacial score (nSPS) is 23.9. The molecule has 4 atom stereocenters. The highest BCUT2D eigenvalue weighted by atomic mass is 28.4. The minimum atomic E-state index is -2.05. The molecule has 0 aromatic carbocycles. The molecule has 7 heteroatoms. The number of rotatable bonds is 13. The van der Waals surface area contributed by atoms with Gasteiger partial charge in [-0.15, -0.1) is 0 Å². The molecule has 5 nitrogen and oxygen atoms in total. The first kappa shape index (κ1) is 33.3. The Hall–Kier alpha value is -0.766. The van der Waals surface area contributed by atoms with Crippen molar-refractivity contribution >= 4 is 28.4 Å². The predicted octanol–water partition coefficient (Wildman–Crippen LogP) is 8.06. The molecule has 0 spiro atoms. The first-order valence-electron chi connectivity index (χ1n) is 14.0. The molecule has 0 radical (unpaired) electrons. The second-order valence-corrected chi connectivity index (χ2v) is 23.2. The van der Waals surface area contributed by atoms with E-state index in [9.17, 15) is 9.59 Å². The van der Waals surface area contributed by atoms with E-state index in [1.54, 1.807) is 6.08 Å². The number of esters is 1. The molecule has 1 saturated carbocycles. The molecule has 0 saturated heterocycles. The zero-order valence-corrected chi connectivity index (χ0v) is 27.5. The van der Waals surface area contributed by atoms with Crippen molar-refractivity contribution in [2.24, 2.45) is 11.8 Å². The molecule has 0 N–H and O–H groups in total. The minimum absolute atomic E-state index is 0.0114. The van der Waals surface area contributed by atoms with E-state index in [0.29, 0.717) is 19.4 Å². The fourth-order valence-electron chi connectivity index (χ4n) is 4.29. The molecule has 210 valence electrons. The number of unbranched alkanes of at least 4 members (excludes halogenated alkanes) is 2. The van der Waals surface area contributed by atoms with Crippen LogP contribution in [0.25, 0.3) is 0 Å². The molecular weight excluding hydrogens is 484 g/mol. The van der Waals surface area contributed by atoms with Crippen molar-refractivity contribution in [2.75, 3.05) is 6.61 Å². The Labute approximate surface area is 224 Å². The van der Waals surface area contributed by atoms with Crippen LogP contribution < -0.4 is 0 Å². The lowest BCUT2D eigenvalue weighted by atomic mass is 9.90. The molecular formula is C29H56O5Si2. The molecule has 1 aliphatic rings. The third-order valence-corrected chi connectivity index (χ3v) is 17.7. The number of carbonyl (C=O) groups is 2. The van der Waals surface area contributed by atoms with E-state index in [0.717, 1.165) is 25.7 Å². The number of ether oxygens (including phenoxy) is 1. The summed E-state index contributed by atoms with van der Waals surface area (Å²) in [6.45, 7) is 26.7. The van der Waals surface area contributed by atoms with Gasteiger partial charge in [-0.1, -0.05) is 67.4 Å². The summed E-state index contributed by atoms with van der Waals surface area (Å²) in [7, 11) is -4.08. The first-order chi connectivity index (χ1) is 16.3. The summed E-state index contributed by atoms with van der Waals surface area (Å²) in [6.07, 6.45) is 9.10. The van der Waals surface area contributed by atoms with Gasteiger partial charge in [0.2, 0.25) is 0 Å². The Bertz CT molecular complexity index is 746. The summed E-state index contributed by atoms with van der Waals surface area (Å²) in [5.41, 5.74) is 0. The maximum atomic E-state index is 12.7. The van der Waals surface area contributed by atoms with Crippen LogP contribution >= 0.6 is 0 Å². The van der Waals surface area contributed by atoms with E-state index in [-0.39, 0.29) is 45.9 Å².